The Balaban J connectivity index is 2.01. The SMILES string of the molecule is C1=CCC(/C=C/c2ccncc2)C=C1. The Morgan fingerprint density at radius 1 is 1.21 bits per heavy atom. The number of nitrogens with zero attached hydrogens (tertiary/aromatic N) is 1. The molecule has 0 aromatic carbocycles. The largest absolute Gasteiger partial charge is 0.265 e. The lowest BCUT2D eigenvalue weighted by molar-refractivity contribution is 0.826. The molecule has 0 saturated carbocycles. The predicted octanol–water partition coefficient (Wildman–Crippen LogP) is 3.23. The summed E-state index contributed by atoms with van der Waals surface area (Å²) in [6.07, 6.45) is 17.7. The van der Waals surface area contributed by atoms with Crippen molar-refractivity contribution in [1.29, 1.82) is 0 Å². The van der Waals surface area contributed by atoms with Crippen molar-refractivity contribution >= 4 is 6.08 Å². The van der Waals surface area contributed by atoms with Crippen LogP contribution in [0.3, 0.4) is 0 Å². The van der Waals surface area contributed by atoms with Gasteiger partial charge in [-0.1, -0.05) is 36.5 Å². The summed E-state index contributed by atoms with van der Waals surface area (Å²) in [6.45, 7) is 0. The molecule has 1 aliphatic rings. The third kappa shape index (κ3) is 2.43. The quantitative estimate of drug-likeness (QED) is 0.686. The van der Waals surface area contributed by atoms with E-state index < -0.39 is 0 Å². The van der Waals surface area contributed by atoms with Crippen molar-refractivity contribution in [2.75, 3.05) is 0 Å². The molecule has 1 atom stereocenters. The summed E-state index contributed by atoms with van der Waals surface area (Å²) in [6, 6.07) is 4.03. The Hall–Kier alpha value is -1.63. The number of hydrogen-bond acceptors (Lipinski definition) is 1. The predicted molar refractivity (Wildman–Crippen MR) is 59.7 cm³/mol. The molecule has 1 unspecified atom stereocenters. The lowest BCUT2D eigenvalue weighted by atomic mass is 10.00. The van der Waals surface area contributed by atoms with Crippen LogP contribution >= 0.6 is 0 Å². The van der Waals surface area contributed by atoms with E-state index in [-0.39, 0.29) is 0 Å². The van der Waals surface area contributed by atoms with Crippen LogP contribution in [-0.2, 0) is 0 Å². The van der Waals surface area contributed by atoms with Crippen LogP contribution in [0, 0.1) is 5.92 Å². The highest BCUT2D eigenvalue weighted by atomic mass is 14.6. The number of rotatable bonds is 2. The number of pyridine rings is 1. The van der Waals surface area contributed by atoms with Crippen LogP contribution in [0.25, 0.3) is 6.08 Å². The van der Waals surface area contributed by atoms with Crippen molar-refractivity contribution in [2.45, 2.75) is 6.42 Å². The Morgan fingerprint density at radius 2 is 2.07 bits per heavy atom. The van der Waals surface area contributed by atoms with Crippen molar-refractivity contribution in [3.8, 4) is 0 Å². The summed E-state index contributed by atoms with van der Waals surface area (Å²) in [5.74, 6) is 0.549. The number of hydrogen-bond donors (Lipinski definition) is 0. The van der Waals surface area contributed by atoms with Gasteiger partial charge in [-0.2, -0.15) is 0 Å². The first-order valence-electron chi connectivity index (χ1n) is 4.87. The standard InChI is InChI=1S/C13H13N/c1-2-4-12(5-3-1)6-7-13-8-10-14-11-9-13/h1-4,6-12H,5H2/b7-6+. The minimum Gasteiger partial charge on any atom is -0.265 e. The van der Waals surface area contributed by atoms with Gasteiger partial charge in [-0.25, -0.2) is 0 Å². The van der Waals surface area contributed by atoms with Gasteiger partial charge in [-0.3, -0.25) is 4.98 Å². The average Bonchev–Trinajstić information content (AvgIpc) is 2.29. The van der Waals surface area contributed by atoms with E-state index in [0.29, 0.717) is 5.92 Å². The van der Waals surface area contributed by atoms with E-state index in [2.05, 4.69) is 41.4 Å². The van der Waals surface area contributed by atoms with Crippen LogP contribution in [0.15, 0.2) is 54.9 Å². The fourth-order valence-electron chi connectivity index (χ4n) is 1.45. The summed E-state index contributed by atoms with van der Waals surface area (Å²) in [5, 5.41) is 0. The van der Waals surface area contributed by atoms with E-state index in [1.165, 1.54) is 5.56 Å². The van der Waals surface area contributed by atoms with Crippen LogP contribution in [0.1, 0.15) is 12.0 Å². The third-order valence-corrected chi connectivity index (χ3v) is 2.26. The fraction of sp³-hybridized carbons (Fsp3) is 0.154. The highest BCUT2D eigenvalue weighted by Crippen LogP contribution is 2.14. The first-order valence-corrected chi connectivity index (χ1v) is 4.87. The molecule has 1 aromatic heterocycles. The Labute approximate surface area is 84.5 Å². The minimum atomic E-state index is 0.549. The number of aromatic nitrogens is 1. The van der Waals surface area contributed by atoms with Crippen molar-refractivity contribution < 1.29 is 0 Å². The molecule has 0 aliphatic heterocycles. The van der Waals surface area contributed by atoms with Crippen LogP contribution in [0.2, 0.25) is 0 Å². The zero-order valence-electron chi connectivity index (χ0n) is 8.01. The molecular formula is C13H13N. The minimum absolute atomic E-state index is 0.549. The molecule has 1 heteroatoms. The maximum Gasteiger partial charge on any atom is 0.0273 e. The van der Waals surface area contributed by atoms with Gasteiger partial charge in [-0.15, -0.1) is 0 Å². The Morgan fingerprint density at radius 3 is 2.79 bits per heavy atom. The normalized spacial score (nSPS) is 20.4. The van der Waals surface area contributed by atoms with Crippen molar-refractivity contribution in [3.63, 3.8) is 0 Å². The average molecular weight is 183 g/mol. The van der Waals surface area contributed by atoms with E-state index in [9.17, 15) is 0 Å². The molecule has 0 amide bonds. The van der Waals surface area contributed by atoms with E-state index in [1.54, 1.807) is 0 Å². The van der Waals surface area contributed by atoms with Crippen LogP contribution in [0.4, 0.5) is 0 Å². The summed E-state index contributed by atoms with van der Waals surface area (Å²) in [5.41, 5.74) is 1.21. The van der Waals surface area contributed by atoms with Gasteiger partial charge in [0, 0.05) is 12.4 Å². The third-order valence-electron chi connectivity index (χ3n) is 2.26. The van der Waals surface area contributed by atoms with Gasteiger partial charge in [-0.05, 0) is 30.0 Å². The fourth-order valence-corrected chi connectivity index (χ4v) is 1.45. The molecule has 1 aliphatic carbocycles. The molecule has 70 valence electrons. The second kappa shape index (κ2) is 4.56. The molecule has 0 spiro atoms. The first kappa shape index (κ1) is 8.95. The lowest BCUT2D eigenvalue weighted by Crippen LogP contribution is -1.91. The van der Waals surface area contributed by atoms with E-state index in [1.807, 2.05) is 24.5 Å². The molecule has 0 bridgehead atoms. The van der Waals surface area contributed by atoms with E-state index in [0.717, 1.165) is 6.42 Å². The van der Waals surface area contributed by atoms with E-state index >= 15 is 0 Å². The van der Waals surface area contributed by atoms with Crippen LogP contribution in [0.5, 0.6) is 0 Å². The zero-order chi connectivity index (χ0) is 9.64. The van der Waals surface area contributed by atoms with Crippen molar-refractivity contribution in [2.24, 2.45) is 5.92 Å². The molecule has 1 heterocycles. The molecule has 1 nitrogen and oxygen atoms in total. The summed E-state index contributed by atoms with van der Waals surface area (Å²) in [4.78, 5) is 3.98. The monoisotopic (exact) mass is 183 g/mol. The molecule has 0 saturated heterocycles. The smallest absolute Gasteiger partial charge is 0.0273 e. The molecule has 0 fully saturated rings. The van der Waals surface area contributed by atoms with Crippen LogP contribution in [-0.4, -0.2) is 4.98 Å². The maximum absolute atomic E-state index is 3.98. The second-order valence-corrected chi connectivity index (χ2v) is 3.35. The van der Waals surface area contributed by atoms with Crippen LogP contribution < -0.4 is 0 Å². The molecular weight excluding hydrogens is 170 g/mol. The highest BCUT2D eigenvalue weighted by molar-refractivity contribution is 5.48. The van der Waals surface area contributed by atoms with Gasteiger partial charge >= 0.3 is 0 Å². The molecule has 14 heavy (non-hydrogen) atoms. The molecule has 0 N–H and O–H groups in total. The van der Waals surface area contributed by atoms with Gasteiger partial charge in [0.2, 0.25) is 0 Å². The Bertz CT molecular complexity index is 360. The molecule has 0 radical (unpaired) electrons. The maximum atomic E-state index is 3.98. The zero-order valence-corrected chi connectivity index (χ0v) is 8.01. The molecule has 1 aromatic rings. The van der Waals surface area contributed by atoms with Gasteiger partial charge in [0.05, 0.1) is 0 Å². The lowest BCUT2D eigenvalue weighted by Gasteiger charge is -2.06. The first-order chi connectivity index (χ1) is 6.95. The Kier molecular flexibility index (Phi) is 2.92. The van der Waals surface area contributed by atoms with Crippen molar-refractivity contribution in [3.05, 3.63) is 60.5 Å². The molecule has 2 rings (SSSR count). The van der Waals surface area contributed by atoms with Crippen molar-refractivity contribution in [1.82, 2.24) is 4.98 Å². The van der Waals surface area contributed by atoms with Gasteiger partial charge in [0.25, 0.3) is 0 Å². The highest BCUT2D eigenvalue weighted by Gasteiger charge is 1.98. The summed E-state index contributed by atoms with van der Waals surface area (Å²) >= 11 is 0. The van der Waals surface area contributed by atoms with Gasteiger partial charge in [0.1, 0.15) is 0 Å². The summed E-state index contributed by atoms with van der Waals surface area (Å²) < 4.78 is 0. The van der Waals surface area contributed by atoms with Gasteiger partial charge in [0.15, 0.2) is 0 Å². The number of allylic oxidation sites excluding steroid dienone is 5. The topological polar surface area (TPSA) is 12.9 Å². The second-order valence-electron chi connectivity index (χ2n) is 3.35. The summed E-state index contributed by atoms with van der Waals surface area (Å²) in [7, 11) is 0. The van der Waals surface area contributed by atoms with Gasteiger partial charge < -0.3 is 0 Å². The van der Waals surface area contributed by atoms with E-state index in [4.69, 9.17) is 0 Å².